The molecule has 9 nitrogen and oxygen atoms in total. The van der Waals surface area contributed by atoms with Crippen molar-refractivity contribution < 1.29 is 4.79 Å². The third-order valence-electron chi connectivity index (χ3n) is 4.54. The van der Waals surface area contributed by atoms with E-state index in [-0.39, 0.29) is 5.96 Å². The van der Waals surface area contributed by atoms with E-state index in [1.54, 1.807) is 18.6 Å². The number of aromatic nitrogens is 3. The molecular formula is C20H20N8O. The number of anilines is 1. The van der Waals surface area contributed by atoms with Crippen molar-refractivity contribution in [1.82, 2.24) is 20.3 Å². The molecule has 0 bridgehead atoms. The minimum Gasteiger partial charge on any atom is -0.370 e. The van der Waals surface area contributed by atoms with Gasteiger partial charge in [-0.25, -0.2) is 14.8 Å². The van der Waals surface area contributed by atoms with Crippen LogP contribution in [0.15, 0.2) is 60.0 Å². The number of amides is 2. The predicted octanol–water partition coefficient (Wildman–Crippen LogP) is 1.54. The van der Waals surface area contributed by atoms with Crippen molar-refractivity contribution in [1.29, 1.82) is 0 Å². The fourth-order valence-corrected chi connectivity index (χ4v) is 3.17. The van der Waals surface area contributed by atoms with Crippen molar-refractivity contribution >= 4 is 17.9 Å². The number of rotatable bonds is 4. The quantitative estimate of drug-likeness (QED) is 0.456. The molecule has 0 unspecified atom stereocenters. The molecule has 1 aliphatic heterocycles. The molecule has 0 spiro atoms. The summed E-state index contributed by atoms with van der Waals surface area (Å²) in [5, 5.41) is 2.63. The third kappa shape index (κ3) is 4.29. The fraction of sp³-hybridized carbons (Fsp3) is 0.150. The molecule has 0 aliphatic carbocycles. The Morgan fingerprint density at radius 1 is 1.07 bits per heavy atom. The molecule has 146 valence electrons. The number of guanidine groups is 1. The van der Waals surface area contributed by atoms with E-state index >= 15 is 0 Å². The van der Waals surface area contributed by atoms with Crippen LogP contribution in [0.1, 0.15) is 16.8 Å². The Balaban J connectivity index is 1.44. The molecule has 9 heteroatoms. The van der Waals surface area contributed by atoms with Gasteiger partial charge in [0.2, 0.25) is 5.95 Å². The van der Waals surface area contributed by atoms with Gasteiger partial charge in [0.1, 0.15) is 0 Å². The summed E-state index contributed by atoms with van der Waals surface area (Å²) in [6.45, 7) is 1.77. The molecule has 0 saturated heterocycles. The second-order valence-electron chi connectivity index (χ2n) is 6.63. The number of nitrogens with two attached hydrogens (primary N) is 2. The van der Waals surface area contributed by atoms with Gasteiger partial charge in [0, 0.05) is 37.2 Å². The smallest absolute Gasteiger partial charge is 0.344 e. The minimum absolute atomic E-state index is 0.273. The Hall–Kier alpha value is -4.01. The van der Waals surface area contributed by atoms with Crippen LogP contribution in [0, 0.1) is 0 Å². The zero-order valence-corrected chi connectivity index (χ0v) is 15.6. The molecule has 1 aliphatic rings. The SMILES string of the molecule is NC(N)=NC(=O)NCc1cccc(-c2cnc(N3Cc4cccnc4C3)nc2)c1. The molecule has 0 saturated carbocycles. The number of aliphatic imine (C=N–C) groups is 1. The summed E-state index contributed by atoms with van der Waals surface area (Å²) in [6, 6.07) is 11.2. The highest BCUT2D eigenvalue weighted by atomic mass is 16.2. The normalized spacial score (nSPS) is 12.3. The average molecular weight is 388 g/mol. The maximum atomic E-state index is 11.5. The number of carbonyl (C=O) groups excluding carboxylic acids is 1. The van der Waals surface area contributed by atoms with E-state index in [9.17, 15) is 4.79 Å². The van der Waals surface area contributed by atoms with E-state index in [0.29, 0.717) is 19.0 Å². The number of pyridine rings is 1. The average Bonchev–Trinajstić information content (AvgIpc) is 3.16. The van der Waals surface area contributed by atoms with E-state index in [4.69, 9.17) is 11.5 Å². The Morgan fingerprint density at radius 3 is 2.66 bits per heavy atom. The first kappa shape index (κ1) is 18.4. The van der Waals surface area contributed by atoms with E-state index in [1.807, 2.05) is 30.3 Å². The molecule has 5 N–H and O–H groups in total. The van der Waals surface area contributed by atoms with Crippen LogP contribution >= 0.6 is 0 Å². The van der Waals surface area contributed by atoms with Crippen LogP contribution in [0.5, 0.6) is 0 Å². The number of fused-ring (bicyclic) bond motifs is 1. The lowest BCUT2D eigenvalue weighted by molar-refractivity contribution is 0.249. The summed E-state index contributed by atoms with van der Waals surface area (Å²) in [6.07, 6.45) is 5.41. The minimum atomic E-state index is -0.579. The molecule has 3 aromatic rings. The van der Waals surface area contributed by atoms with E-state index in [2.05, 4.69) is 36.2 Å². The zero-order chi connectivity index (χ0) is 20.2. The fourth-order valence-electron chi connectivity index (χ4n) is 3.17. The van der Waals surface area contributed by atoms with Crippen molar-refractivity contribution in [2.24, 2.45) is 16.5 Å². The summed E-state index contributed by atoms with van der Waals surface area (Å²) in [5.41, 5.74) is 15.4. The van der Waals surface area contributed by atoms with E-state index in [1.165, 1.54) is 5.56 Å². The molecule has 3 heterocycles. The van der Waals surface area contributed by atoms with Gasteiger partial charge in [0.05, 0.1) is 12.2 Å². The number of nitrogens with one attached hydrogen (secondary N) is 1. The lowest BCUT2D eigenvalue weighted by Gasteiger charge is -2.15. The molecule has 0 radical (unpaired) electrons. The zero-order valence-electron chi connectivity index (χ0n) is 15.6. The van der Waals surface area contributed by atoms with Crippen LogP contribution in [0.2, 0.25) is 0 Å². The first-order chi connectivity index (χ1) is 14.1. The number of hydrogen-bond donors (Lipinski definition) is 3. The summed E-state index contributed by atoms with van der Waals surface area (Å²) in [5.74, 6) is 0.401. The molecule has 1 aromatic carbocycles. The lowest BCUT2D eigenvalue weighted by Crippen LogP contribution is -2.28. The summed E-state index contributed by atoms with van der Waals surface area (Å²) < 4.78 is 0. The van der Waals surface area contributed by atoms with Crippen molar-refractivity contribution in [3.63, 3.8) is 0 Å². The molecule has 2 aromatic heterocycles. The van der Waals surface area contributed by atoms with Gasteiger partial charge in [0.15, 0.2) is 5.96 Å². The highest BCUT2D eigenvalue weighted by molar-refractivity contribution is 5.90. The molecule has 2 amide bonds. The number of hydrogen-bond acceptors (Lipinski definition) is 5. The monoisotopic (exact) mass is 388 g/mol. The van der Waals surface area contributed by atoms with Gasteiger partial charge < -0.3 is 21.7 Å². The van der Waals surface area contributed by atoms with Gasteiger partial charge in [0.25, 0.3) is 0 Å². The van der Waals surface area contributed by atoms with Gasteiger partial charge in [-0.3, -0.25) is 4.98 Å². The van der Waals surface area contributed by atoms with Crippen LogP contribution in [0.4, 0.5) is 10.7 Å². The van der Waals surface area contributed by atoms with Crippen LogP contribution < -0.4 is 21.7 Å². The standard InChI is InChI=1S/C20H20N8O/c21-18(22)27-20(29)26-8-13-3-1-4-14(7-13)16-9-24-19(25-10-16)28-11-15-5-2-6-23-17(15)12-28/h1-7,9-10H,8,11-12H2,(H5,21,22,26,27,29). The molecule has 4 rings (SSSR count). The second kappa shape index (κ2) is 7.93. The Labute approximate surface area is 167 Å². The van der Waals surface area contributed by atoms with Gasteiger partial charge in [-0.2, -0.15) is 4.99 Å². The Bertz CT molecular complexity index is 1040. The van der Waals surface area contributed by atoms with Gasteiger partial charge in [-0.15, -0.1) is 0 Å². The highest BCUT2D eigenvalue weighted by Crippen LogP contribution is 2.25. The van der Waals surface area contributed by atoms with Crippen LogP contribution in [-0.2, 0) is 19.6 Å². The van der Waals surface area contributed by atoms with Gasteiger partial charge in [-0.1, -0.05) is 24.3 Å². The maximum absolute atomic E-state index is 11.5. The largest absolute Gasteiger partial charge is 0.370 e. The highest BCUT2D eigenvalue weighted by Gasteiger charge is 2.21. The summed E-state index contributed by atoms with van der Waals surface area (Å²) in [4.78, 5) is 30.5. The van der Waals surface area contributed by atoms with Gasteiger partial charge in [-0.05, 0) is 28.8 Å². The summed E-state index contributed by atoms with van der Waals surface area (Å²) >= 11 is 0. The predicted molar refractivity (Wildman–Crippen MR) is 110 cm³/mol. The molecule has 29 heavy (non-hydrogen) atoms. The Kier molecular flexibility index (Phi) is 5.02. The molecule has 0 atom stereocenters. The third-order valence-corrected chi connectivity index (χ3v) is 4.54. The van der Waals surface area contributed by atoms with Crippen LogP contribution in [0.25, 0.3) is 11.1 Å². The number of urea groups is 1. The number of benzene rings is 1. The summed E-state index contributed by atoms with van der Waals surface area (Å²) in [7, 11) is 0. The number of nitrogens with zero attached hydrogens (tertiary/aromatic N) is 5. The van der Waals surface area contributed by atoms with Crippen LogP contribution in [-0.4, -0.2) is 26.9 Å². The number of carbonyl (C=O) groups is 1. The second-order valence-corrected chi connectivity index (χ2v) is 6.63. The van der Waals surface area contributed by atoms with Crippen molar-refractivity contribution in [3.05, 3.63) is 71.8 Å². The van der Waals surface area contributed by atoms with Crippen molar-refractivity contribution in [3.8, 4) is 11.1 Å². The first-order valence-corrected chi connectivity index (χ1v) is 9.05. The van der Waals surface area contributed by atoms with Crippen molar-refractivity contribution in [2.45, 2.75) is 19.6 Å². The van der Waals surface area contributed by atoms with E-state index in [0.717, 1.165) is 28.9 Å². The van der Waals surface area contributed by atoms with Crippen molar-refractivity contribution in [2.75, 3.05) is 4.90 Å². The first-order valence-electron chi connectivity index (χ1n) is 9.05. The molecular weight excluding hydrogens is 368 g/mol. The van der Waals surface area contributed by atoms with Crippen LogP contribution in [0.3, 0.4) is 0 Å². The Morgan fingerprint density at radius 2 is 1.90 bits per heavy atom. The van der Waals surface area contributed by atoms with Gasteiger partial charge >= 0.3 is 6.03 Å². The maximum Gasteiger partial charge on any atom is 0.344 e. The van der Waals surface area contributed by atoms with E-state index < -0.39 is 6.03 Å². The molecule has 0 fully saturated rings. The topological polar surface area (TPSA) is 135 Å². The lowest BCUT2D eigenvalue weighted by atomic mass is 10.1.